The van der Waals surface area contributed by atoms with Gasteiger partial charge >= 0.3 is 6.03 Å². The number of hydrogen-bond donors (Lipinski definition) is 2. The minimum Gasteiger partial charge on any atom is -0.303 e. The quantitative estimate of drug-likeness (QED) is 0.179. The first-order valence-corrected chi connectivity index (χ1v) is 11.1. The van der Waals surface area contributed by atoms with Gasteiger partial charge in [-0.15, -0.1) is 0 Å². The van der Waals surface area contributed by atoms with Crippen molar-refractivity contribution in [2.45, 2.75) is 6.54 Å². The van der Waals surface area contributed by atoms with Crippen LogP contribution in [0.4, 0.5) is 14.9 Å². The number of benzene rings is 3. The molecule has 0 spiro atoms. The molecule has 5 rings (SSSR count). The first-order valence-electron chi connectivity index (χ1n) is 11.1. The molecule has 4 aromatic rings. The second kappa shape index (κ2) is 9.38. The lowest BCUT2D eigenvalue weighted by Gasteiger charge is -2.11. The highest BCUT2D eigenvalue weighted by atomic mass is 19.1. The molecule has 0 unspecified atom stereocenters. The molecule has 0 saturated carbocycles. The van der Waals surface area contributed by atoms with E-state index in [0.717, 1.165) is 4.90 Å². The number of H-pyrrole nitrogens is 1. The summed E-state index contributed by atoms with van der Waals surface area (Å²) in [5, 5.41) is 16.5. The number of nitro benzene ring substituents is 1. The van der Waals surface area contributed by atoms with Crippen LogP contribution in [0.2, 0.25) is 0 Å². The molecule has 0 aliphatic carbocycles. The predicted octanol–water partition coefficient (Wildman–Crippen LogP) is 3.97. The maximum atomic E-state index is 13.6. The lowest BCUT2D eigenvalue weighted by Crippen LogP contribution is -2.30. The second-order valence-corrected chi connectivity index (χ2v) is 8.19. The standard InChI is InChI=1S/C26H18FN5O5/c27-18-8-4-5-16(13-18)15-30-25(34)22(28-26(30)35)14-21-23(17-6-2-1-3-7-17)29-31(24(21)33)19-9-11-20(12-10-19)32(36)37/h1-14,29H,15H2,(H,28,35). The normalized spacial score (nSPS) is 14.3. The smallest absolute Gasteiger partial charge is 0.303 e. The van der Waals surface area contributed by atoms with Gasteiger partial charge in [0.2, 0.25) is 0 Å². The molecule has 0 atom stereocenters. The molecule has 0 bridgehead atoms. The van der Waals surface area contributed by atoms with Crippen molar-refractivity contribution in [3.8, 4) is 16.9 Å². The van der Waals surface area contributed by atoms with E-state index in [1.807, 2.05) is 0 Å². The summed E-state index contributed by atoms with van der Waals surface area (Å²) in [5.41, 5.74) is 1.09. The Hall–Kier alpha value is -5.32. The van der Waals surface area contributed by atoms with Crippen LogP contribution in [-0.4, -0.2) is 31.5 Å². The van der Waals surface area contributed by atoms with Crippen molar-refractivity contribution in [1.29, 1.82) is 0 Å². The molecule has 1 fully saturated rings. The lowest BCUT2D eigenvalue weighted by atomic mass is 10.1. The number of amides is 3. The Morgan fingerprint density at radius 1 is 0.946 bits per heavy atom. The fraction of sp³-hybridized carbons (Fsp3) is 0.0385. The van der Waals surface area contributed by atoms with E-state index in [1.54, 1.807) is 36.4 Å². The number of nitrogens with one attached hydrogen (secondary N) is 2. The molecule has 2 heterocycles. The zero-order valence-electron chi connectivity index (χ0n) is 19.1. The SMILES string of the molecule is O=C1NC(=Cc2c(-c3ccccc3)[nH]n(-c3ccc([N+](=O)[O-])cc3)c2=O)C(=O)N1Cc1cccc(F)c1. The monoisotopic (exact) mass is 499 g/mol. The van der Waals surface area contributed by atoms with Crippen LogP contribution in [0.15, 0.2) is 89.4 Å². The number of halogens is 1. The van der Waals surface area contributed by atoms with E-state index in [2.05, 4.69) is 10.4 Å². The number of carbonyl (C=O) groups excluding carboxylic acids is 2. The Bertz CT molecular complexity index is 1620. The van der Waals surface area contributed by atoms with Crippen molar-refractivity contribution in [1.82, 2.24) is 20.0 Å². The van der Waals surface area contributed by atoms with Gasteiger partial charge in [-0.05, 0) is 35.9 Å². The summed E-state index contributed by atoms with van der Waals surface area (Å²) >= 11 is 0. The van der Waals surface area contributed by atoms with E-state index in [0.29, 0.717) is 22.5 Å². The summed E-state index contributed by atoms with van der Waals surface area (Å²) < 4.78 is 14.8. The van der Waals surface area contributed by atoms with Gasteiger partial charge in [0, 0.05) is 17.7 Å². The van der Waals surface area contributed by atoms with Crippen molar-refractivity contribution in [3.63, 3.8) is 0 Å². The molecule has 11 heteroatoms. The number of aromatic nitrogens is 2. The molecule has 184 valence electrons. The number of hydrogen-bond acceptors (Lipinski definition) is 5. The van der Waals surface area contributed by atoms with Crippen LogP contribution in [0, 0.1) is 15.9 Å². The van der Waals surface area contributed by atoms with Gasteiger partial charge in [-0.2, -0.15) is 0 Å². The van der Waals surface area contributed by atoms with Crippen molar-refractivity contribution in [2.24, 2.45) is 0 Å². The molecule has 3 amide bonds. The number of non-ortho nitro benzene ring substituents is 1. The van der Waals surface area contributed by atoms with Gasteiger partial charge in [0.15, 0.2) is 0 Å². The first-order chi connectivity index (χ1) is 17.8. The van der Waals surface area contributed by atoms with Crippen molar-refractivity contribution in [2.75, 3.05) is 0 Å². The topological polar surface area (TPSA) is 130 Å². The summed E-state index contributed by atoms with van der Waals surface area (Å²) in [4.78, 5) is 50.4. The van der Waals surface area contributed by atoms with Crippen molar-refractivity contribution < 1.29 is 18.9 Å². The van der Waals surface area contributed by atoms with Gasteiger partial charge in [0.05, 0.1) is 28.4 Å². The fourth-order valence-electron chi connectivity index (χ4n) is 3.99. The summed E-state index contributed by atoms with van der Waals surface area (Å²) in [6, 6.07) is 19.1. The Labute approximate surface area is 208 Å². The molecule has 2 N–H and O–H groups in total. The van der Waals surface area contributed by atoms with E-state index >= 15 is 0 Å². The number of rotatable bonds is 6. The molecule has 10 nitrogen and oxygen atoms in total. The highest BCUT2D eigenvalue weighted by Crippen LogP contribution is 2.25. The second-order valence-electron chi connectivity index (χ2n) is 8.19. The number of imide groups is 1. The van der Waals surface area contributed by atoms with Crippen LogP contribution < -0.4 is 10.9 Å². The van der Waals surface area contributed by atoms with E-state index in [1.165, 1.54) is 53.2 Å². The molecule has 1 aromatic heterocycles. The Kier molecular flexibility index (Phi) is 5.94. The van der Waals surface area contributed by atoms with Crippen LogP contribution in [0.25, 0.3) is 23.0 Å². The van der Waals surface area contributed by atoms with Crippen LogP contribution in [0.3, 0.4) is 0 Å². The van der Waals surface area contributed by atoms with Crippen LogP contribution >= 0.6 is 0 Å². The number of aromatic amines is 1. The molecule has 37 heavy (non-hydrogen) atoms. The van der Waals surface area contributed by atoms with Gasteiger partial charge in [-0.25, -0.2) is 13.9 Å². The number of nitro groups is 1. The Balaban J connectivity index is 1.56. The van der Waals surface area contributed by atoms with Crippen molar-refractivity contribution >= 4 is 23.7 Å². The van der Waals surface area contributed by atoms with E-state index in [-0.39, 0.29) is 23.5 Å². The molecule has 1 saturated heterocycles. The van der Waals surface area contributed by atoms with Gasteiger partial charge in [0.25, 0.3) is 17.2 Å². The van der Waals surface area contributed by atoms with E-state index < -0.39 is 28.2 Å². The predicted molar refractivity (Wildman–Crippen MR) is 132 cm³/mol. The minimum atomic E-state index is -0.701. The number of nitrogens with zero attached hydrogens (tertiary/aromatic N) is 3. The molecule has 1 aliphatic heterocycles. The van der Waals surface area contributed by atoms with E-state index in [4.69, 9.17) is 0 Å². The Morgan fingerprint density at radius 3 is 2.35 bits per heavy atom. The maximum absolute atomic E-state index is 13.6. The van der Waals surface area contributed by atoms with Crippen LogP contribution in [0.1, 0.15) is 11.1 Å². The van der Waals surface area contributed by atoms with Crippen LogP contribution in [-0.2, 0) is 11.3 Å². The average molecular weight is 499 g/mol. The molecular weight excluding hydrogens is 481 g/mol. The number of urea groups is 1. The summed E-state index contributed by atoms with van der Waals surface area (Å²) in [5.74, 6) is -1.16. The lowest BCUT2D eigenvalue weighted by molar-refractivity contribution is -0.384. The third-order valence-corrected chi connectivity index (χ3v) is 5.79. The minimum absolute atomic E-state index is 0.0980. The van der Waals surface area contributed by atoms with E-state index in [9.17, 15) is 28.9 Å². The first kappa shape index (κ1) is 23.4. The largest absolute Gasteiger partial charge is 0.329 e. The zero-order valence-corrected chi connectivity index (χ0v) is 19.1. The fourth-order valence-corrected chi connectivity index (χ4v) is 3.99. The van der Waals surface area contributed by atoms with Gasteiger partial charge in [-0.1, -0.05) is 42.5 Å². The molecular formula is C26H18FN5O5. The third-order valence-electron chi connectivity index (χ3n) is 5.79. The molecule has 0 radical (unpaired) electrons. The number of carbonyl (C=O) groups is 2. The molecule has 1 aliphatic rings. The highest BCUT2D eigenvalue weighted by molar-refractivity contribution is 6.14. The highest BCUT2D eigenvalue weighted by Gasteiger charge is 2.34. The van der Waals surface area contributed by atoms with Gasteiger partial charge in [0.1, 0.15) is 11.5 Å². The average Bonchev–Trinajstić information content (AvgIpc) is 3.35. The maximum Gasteiger partial charge on any atom is 0.329 e. The zero-order chi connectivity index (χ0) is 26.1. The van der Waals surface area contributed by atoms with Crippen LogP contribution in [0.5, 0.6) is 0 Å². The summed E-state index contributed by atoms with van der Waals surface area (Å²) in [6.07, 6.45) is 1.29. The third kappa shape index (κ3) is 4.52. The van der Waals surface area contributed by atoms with Gasteiger partial charge < -0.3 is 5.32 Å². The summed E-state index contributed by atoms with van der Waals surface area (Å²) in [7, 11) is 0. The van der Waals surface area contributed by atoms with Crippen molar-refractivity contribution in [3.05, 3.63) is 122 Å². The van der Waals surface area contributed by atoms with Gasteiger partial charge in [-0.3, -0.25) is 29.7 Å². The molecule has 3 aromatic carbocycles. The Morgan fingerprint density at radius 2 is 1.68 bits per heavy atom. The summed E-state index contributed by atoms with van der Waals surface area (Å²) in [6.45, 7) is -0.147.